The van der Waals surface area contributed by atoms with Crippen molar-refractivity contribution in [1.82, 2.24) is 0 Å². The number of carbonyl (C=O) groups is 1. The minimum Gasteiger partial charge on any atom is -0.460 e. The minimum atomic E-state index is -0.753. The lowest BCUT2D eigenvalue weighted by molar-refractivity contribution is -0.156. The van der Waals surface area contributed by atoms with Crippen LogP contribution in [0.2, 0.25) is 0 Å². The summed E-state index contributed by atoms with van der Waals surface area (Å²) in [4.78, 5) is 11.7. The molecular weight excluding hydrogens is 440 g/mol. The summed E-state index contributed by atoms with van der Waals surface area (Å²) < 4.78 is 23.2. The second-order valence-corrected chi connectivity index (χ2v) is 9.19. The van der Waals surface area contributed by atoms with Gasteiger partial charge in [0.1, 0.15) is 11.2 Å². The zero-order valence-corrected chi connectivity index (χ0v) is 20.9. The van der Waals surface area contributed by atoms with Gasteiger partial charge in [0.2, 0.25) is 0 Å². The van der Waals surface area contributed by atoms with Gasteiger partial charge in [0.15, 0.2) is 0 Å². The summed E-state index contributed by atoms with van der Waals surface area (Å²) in [5, 5.41) is 0. The van der Waals surface area contributed by atoms with E-state index in [1.54, 1.807) is 0 Å². The molecule has 0 bridgehead atoms. The lowest BCUT2D eigenvalue weighted by Crippen LogP contribution is -2.34. The van der Waals surface area contributed by atoms with E-state index in [1.807, 2.05) is 75.4 Å². The molecule has 0 spiro atoms. The van der Waals surface area contributed by atoms with Crippen LogP contribution in [0.5, 0.6) is 0 Å². The van der Waals surface area contributed by atoms with Crippen LogP contribution < -0.4 is 0 Å². The van der Waals surface area contributed by atoms with E-state index >= 15 is 0 Å². The van der Waals surface area contributed by atoms with Crippen LogP contribution in [0, 0.1) is 0 Å². The topological polar surface area (TPSA) is 54.0 Å². The normalized spacial score (nSPS) is 11.9. The van der Waals surface area contributed by atoms with Crippen molar-refractivity contribution in [1.29, 1.82) is 0 Å². The molecule has 3 aromatic rings. The summed E-state index contributed by atoms with van der Waals surface area (Å²) >= 11 is 0. The van der Waals surface area contributed by atoms with E-state index in [0.717, 1.165) is 16.7 Å². The van der Waals surface area contributed by atoms with Crippen LogP contribution in [-0.2, 0) is 29.3 Å². The van der Waals surface area contributed by atoms with Gasteiger partial charge in [0.05, 0.1) is 39.5 Å². The molecule has 3 rings (SSSR count). The number of rotatable bonds is 13. The lowest BCUT2D eigenvalue weighted by atomic mass is 9.80. The fourth-order valence-electron chi connectivity index (χ4n) is 3.89. The molecule has 0 aliphatic heterocycles. The molecule has 0 unspecified atom stereocenters. The molecule has 0 heterocycles. The highest BCUT2D eigenvalue weighted by Crippen LogP contribution is 2.40. The van der Waals surface area contributed by atoms with Gasteiger partial charge in [-0.3, -0.25) is 4.79 Å². The quantitative estimate of drug-likeness (QED) is 0.178. The molecule has 5 heteroatoms. The number of esters is 1. The fourth-order valence-corrected chi connectivity index (χ4v) is 3.89. The summed E-state index contributed by atoms with van der Waals surface area (Å²) in [5.74, 6) is -0.258. The maximum Gasteiger partial charge on any atom is 0.308 e. The zero-order valence-electron chi connectivity index (χ0n) is 20.9. The molecule has 35 heavy (non-hydrogen) atoms. The SMILES string of the molecule is CC(C)(C)OC(=O)CCOCCOCCOC(c1ccccc1)(c1ccccc1)c1ccccc1. The van der Waals surface area contributed by atoms with Crippen molar-refractivity contribution < 1.29 is 23.7 Å². The van der Waals surface area contributed by atoms with Crippen LogP contribution in [0.4, 0.5) is 0 Å². The average molecular weight is 477 g/mol. The Morgan fingerprint density at radius 1 is 0.600 bits per heavy atom. The van der Waals surface area contributed by atoms with E-state index in [0.29, 0.717) is 33.0 Å². The molecule has 0 radical (unpaired) electrons. The van der Waals surface area contributed by atoms with E-state index in [1.165, 1.54) is 0 Å². The second-order valence-electron chi connectivity index (χ2n) is 9.19. The summed E-state index contributed by atoms with van der Waals surface area (Å²) in [6.45, 7) is 7.52. The second kappa shape index (κ2) is 13.2. The van der Waals surface area contributed by atoms with Crippen molar-refractivity contribution >= 4 is 5.97 Å². The zero-order chi connectivity index (χ0) is 25.0. The maximum atomic E-state index is 11.7. The predicted molar refractivity (Wildman–Crippen MR) is 137 cm³/mol. The Kier molecular flexibility index (Phi) is 10.0. The van der Waals surface area contributed by atoms with Gasteiger partial charge in [-0.2, -0.15) is 0 Å². The third-order valence-corrected chi connectivity index (χ3v) is 5.33. The maximum absolute atomic E-state index is 11.7. The van der Waals surface area contributed by atoms with Gasteiger partial charge in [-0.15, -0.1) is 0 Å². The highest BCUT2D eigenvalue weighted by atomic mass is 16.6. The smallest absolute Gasteiger partial charge is 0.308 e. The van der Waals surface area contributed by atoms with Crippen molar-refractivity contribution in [2.45, 2.75) is 38.4 Å². The molecule has 0 fully saturated rings. The first-order valence-electron chi connectivity index (χ1n) is 12.1. The van der Waals surface area contributed by atoms with Crippen molar-refractivity contribution in [3.8, 4) is 0 Å². The van der Waals surface area contributed by atoms with Gasteiger partial charge >= 0.3 is 5.97 Å². The van der Waals surface area contributed by atoms with Crippen LogP contribution >= 0.6 is 0 Å². The first-order valence-corrected chi connectivity index (χ1v) is 12.1. The largest absolute Gasteiger partial charge is 0.460 e. The van der Waals surface area contributed by atoms with Crippen molar-refractivity contribution in [2.24, 2.45) is 0 Å². The summed E-state index contributed by atoms with van der Waals surface area (Å²) in [5.41, 5.74) is 1.94. The molecule has 0 aromatic heterocycles. The molecule has 186 valence electrons. The highest BCUT2D eigenvalue weighted by Gasteiger charge is 2.37. The molecule has 0 saturated carbocycles. The molecule has 0 atom stereocenters. The minimum absolute atomic E-state index is 0.230. The van der Waals surface area contributed by atoms with Crippen molar-refractivity contribution in [3.05, 3.63) is 108 Å². The van der Waals surface area contributed by atoms with Crippen LogP contribution in [0.25, 0.3) is 0 Å². The van der Waals surface area contributed by atoms with Gasteiger partial charge in [-0.05, 0) is 37.5 Å². The summed E-state index contributed by atoms with van der Waals surface area (Å²) in [6, 6.07) is 30.8. The fraction of sp³-hybridized carbons (Fsp3) is 0.367. The number of hydrogen-bond acceptors (Lipinski definition) is 5. The number of hydrogen-bond donors (Lipinski definition) is 0. The number of benzene rings is 3. The molecule has 0 amide bonds. The van der Waals surface area contributed by atoms with E-state index in [2.05, 4.69) is 36.4 Å². The third-order valence-electron chi connectivity index (χ3n) is 5.33. The van der Waals surface area contributed by atoms with Crippen LogP contribution in [0.3, 0.4) is 0 Å². The molecule has 0 saturated heterocycles. The van der Waals surface area contributed by atoms with E-state index in [9.17, 15) is 4.79 Å². The molecule has 3 aromatic carbocycles. The van der Waals surface area contributed by atoms with Crippen LogP contribution in [0.15, 0.2) is 91.0 Å². The van der Waals surface area contributed by atoms with Gasteiger partial charge in [-0.25, -0.2) is 0 Å². The predicted octanol–water partition coefficient (Wildman–Crippen LogP) is 5.76. The lowest BCUT2D eigenvalue weighted by Gasteiger charge is -2.36. The third kappa shape index (κ3) is 8.03. The Morgan fingerprint density at radius 2 is 1.00 bits per heavy atom. The first kappa shape index (κ1) is 26.6. The van der Waals surface area contributed by atoms with Gasteiger partial charge in [0, 0.05) is 0 Å². The number of ether oxygens (including phenoxy) is 4. The van der Waals surface area contributed by atoms with Gasteiger partial charge in [-0.1, -0.05) is 91.0 Å². The highest BCUT2D eigenvalue weighted by molar-refractivity contribution is 5.69. The number of carbonyl (C=O) groups excluding carboxylic acids is 1. The molecule has 0 aliphatic carbocycles. The Labute approximate surface area is 209 Å². The molecule has 5 nitrogen and oxygen atoms in total. The van der Waals surface area contributed by atoms with Gasteiger partial charge < -0.3 is 18.9 Å². The Hall–Kier alpha value is -2.99. The standard InChI is InChI=1S/C30H36O5/c1-29(2,3)35-28(31)19-20-32-21-22-33-23-24-34-30(25-13-7-4-8-14-25,26-15-9-5-10-16-26)27-17-11-6-12-18-27/h4-18H,19-24H2,1-3H3. The summed E-state index contributed by atoms with van der Waals surface area (Å²) in [7, 11) is 0. The first-order chi connectivity index (χ1) is 16.9. The van der Waals surface area contributed by atoms with Crippen molar-refractivity contribution in [2.75, 3.05) is 33.0 Å². The van der Waals surface area contributed by atoms with E-state index < -0.39 is 11.2 Å². The summed E-state index contributed by atoms with van der Waals surface area (Å²) in [6.07, 6.45) is 0.230. The van der Waals surface area contributed by atoms with Crippen LogP contribution in [-0.4, -0.2) is 44.6 Å². The van der Waals surface area contributed by atoms with E-state index in [4.69, 9.17) is 18.9 Å². The molecule has 0 N–H and O–H groups in total. The Morgan fingerprint density at radius 3 is 1.43 bits per heavy atom. The molecular formula is C30H36O5. The average Bonchev–Trinajstić information content (AvgIpc) is 2.86. The Balaban J connectivity index is 1.57. The molecule has 0 aliphatic rings. The van der Waals surface area contributed by atoms with E-state index in [-0.39, 0.29) is 12.4 Å². The monoisotopic (exact) mass is 476 g/mol. The van der Waals surface area contributed by atoms with Gasteiger partial charge in [0.25, 0.3) is 0 Å². The van der Waals surface area contributed by atoms with Crippen LogP contribution in [0.1, 0.15) is 43.9 Å². The van der Waals surface area contributed by atoms with Crippen molar-refractivity contribution in [3.63, 3.8) is 0 Å². The Bertz CT molecular complexity index is 901.